The molecule has 2 aromatic carbocycles. The topological polar surface area (TPSA) is 78.5 Å². The summed E-state index contributed by atoms with van der Waals surface area (Å²) in [6.45, 7) is 5.90. The highest BCUT2D eigenvalue weighted by Crippen LogP contribution is 2.30. The highest BCUT2D eigenvalue weighted by Gasteiger charge is 2.41. The van der Waals surface area contributed by atoms with E-state index in [1.807, 2.05) is 45.0 Å². The summed E-state index contributed by atoms with van der Waals surface area (Å²) in [5, 5.41) is 5.51. The second kappa shape index (κ2) is 7.75. The van der Waals surface area contributed by atoms with Gasteiger partial charge in [-0.3, -0.25) is 14.5 Å². The van der Waals surface area contributed by atoms with Gasteiger partial charge in [0, 0.05) is 22.2 Å². The molecule has 0 saturated heterocycles. The minimum Gasteiger partial charge on any atom is -0.338 e. The van der Waals surface area contributed by atoms with Crippen molar-refractivity contribution in [2.75, 3.05) is 11.9 Å². The van der Waals surface area contributed by atoms with Gasteiger partial charge in [0.2, 0.25) is 0 Å². The molecule has 2 aromatic rings. The quantitative estimate of drug-likeness (QED) is 0.694. The van der Waals surface area contributed by atoms with Crippen LogP contribution in [0.5, 0.6) is 0 Å². The van der Waals surface area contributed by atoms with Crippen LogP contribution in [0.3, 0.4) is 0 Å². The van der Waals surface area contributed by atoms with Crippen LogP contribution in [0.25, 0.3) is 0 Å². The van der Waals surface area contributed by atoms with E-state index in [2.05, 4.69) is 26.6 Å². The molecule has 28 heavy (non-hydrogen) atoms. The lowest BCUT2D eigenvalue weighted by molar-refractivity contribution is 0.0507. The van der Waals surface area contributed by atoms with Crippen LogP contribution in [-0.2, 0) is 6.42 Å². The van der Waals surface area contributed by atoms with E-state index in [0.29, 0.717) is 29.8 Å². The maximum absolute atomic E-state index is 12.6. The molecule has 2 N–H and O–H groups in total. The Kier molecular flexibility index (Phi) is 5.56. The number of urea groups is 1. The first kappa shape index (κ1) is 20.1. The molecule has 0 radical (unpaired) electrons. The first-order valence-electron chi connectivity index (χ1n) is 8.99. The van der Waals surface area contributed by atoms with Crippen molar-refractivity contribution in [3.63, 3.8) is 0 Å². The van der Waals surface area contributed by atoms with Gasteiger partial charge in [-0.1, -0.05) is 34.1 Å². The predicted octanol–water partition coefficient (Wildman–Crippen LogP) is 4.21. The Labute approximate surface area is 172 Å². The molecule has 0 spiro atoms. The molecule has 0 aromatic heterocycles. The molecule has 0 unspecified atom stereocenters. The molecule has 1 aliphatic heterocycles. The number of carbonyl (C=O) groups is 3. The van der Waals surface area contributed by atoms with E-state index in [1.54, 1.807) is 18.2 Å². The molecule has 7 heteroatoms. The average Bonchev–Trinajstić information content (AvgIpc) is 2.87. The van der Waals surface area contributed by atoms with Gasteiger partial charge >= 0.3 is 6.03 Å². The van der Waals surface area contributed by atoms with E-state index in [0.717, 1.165) is 10.0 Å². The fourth-order valence-corrected chi connectivity index (χ4v) is 3.60. The van der Waals surface area contributed by atoms with Crippen molar-refractivity contribution < 1.29 is 14.4 Å². The van der Waals surface area contributed by atoms with Crippen molar-refractivity contribution in [1.82, 2.24) is 10.2 Å². The molecule has 6 nitrogen and oxygen atoms in total. The molecule has 3 rings (SSSR count). The van der Waals surface area contributed by atoms with Crippen molar-refractivity contribution in [2.24, 2.45) is 0 Å². The Balaban J connectivity index is 1.63. The average molecular weight is 444 g/mol. The van der Waals surface area contributed by atoms with E-state index in [1.165, 1.54) is 4.90 Å². The molecular formula is C21H22BrN3O3. The molecule has 0 aliphatic carbocycles. The summed E-state index contributed by atoms with van der Waals surface area (Å²) in [5.41, 5.74) is 1.63. The van der Waals surface area contributed by atoms with Gasteiger partial charge in [-0.15, -0.1) is 0 Å². The number of hydrogen-bond donors (Lipinski definition) is 2. The SMILES string of the molecule is CC(C)(C)N1C(=O)c2ccc(NC(=O)NCCc3ccccc3Br)cc2C1=O. The summed E-state index contributed by atoms with van der Waals surface area (Å²) < 4.78 is 1.00. The zero-order chi connectivity index (χ0) is 20.5. The van der Waals surface area contributed by atoms with Gasteiger partial charge in [-0.05, 0) is 57.0 Å². The fraction of sp³-hybridized carbons (Fsp3) is 0.286. The second-order valence-corrected chi connectivity index (χ2v) is 8.45. The number of benzene rings is 2. The number of amides is 4. The summed E-state index contributed by atoms with van der Waals surface area (Å²) in [7, 11) is 0. The third kappa shape index (κ3) is 4.09. The highest BCUT2D eigenvalue weighted by molar-refractivity contribution is 9.10. The number of anilines is 1. The number of carbonyl (C=O) groups excluding carboxylic acids is 3. The number of imide groups is 1. The molecule has 4 amide bonds. The van der Waals surface area contributed by atoms with Gasteiger partial charge in [0.05, 0.1) is 11.1 Å². The first-order chi connectivity index (χ1) is 13.2. The normalized spacial score (nSPS) is 13.5. The van der Waals surface area contributed by atoms with Crippen molar-refractivity contribution in [1.29, 1.82) is 0 Å². The van der Waals surface area contributed by atoms with Crippen LogP contribution in [0.1, 0.15) is 47.1 Å². The van der Waals surface area contributed by atoms with E-state index in [9.17, 15) is 14.4 Å². The second-order valence-electron chi connectivity index (χ2n) is 7.60. The summed E-state index contributed by atoms with van der Waals surface area (Å²) in [6, 6.07) is 12.2. The Morgan fingerprint density at radius 1 is 1.04 bits per heavy atom. The Morgan fingerprint density at radius 3 is 2.39 bits per heavy atom. The molecule has 0 bridgehead atoms. The zero-order valence-corrected chi connectivity index (χ0v) is 17.6. The maximum atomic E-state index is 12.6. The van der Waals surface area contributed by atoms with Crippen LogP contribution in [0.4, 0.5) is 10.5 Å². The number of halogens is 1. The van der Waals surface area contributed by atoms with Crippen molar-refractivity contribution in [3.05, 3.63) is 63.6 Å². The van der Waals surface area contributed by atoms with Crippen LogP contribution in [-0.4, -0.2) is 34.8 Å². The van der Waals surface area contributed by atoms with Crippen LogP contribution < -0.4 is 10.6 Å². The largest absolute Gasteiger partial charge is 0.338 e. The highest BCUT2D eigenvalue weighted by atomic mass is 79.9. The molecule has 0 saturated carbocycles. The molecular weight excluding hydrogens is 422 g/mol. The molecule has 146 valence electrons. The summed E-state index contributed by atoms with van der Waals surface area (Å²) in [5.74, 6) is -0.651. The predicted molar refractivity (Wildman–Crippen MR) is 112 cm³/mol. The van der Waals surface area contributed by atoms with Gasteiger partial charge in [0.1, 0.15) is 0 Å². The lowest BCUT2D eigenvalue weighted by Crippen LogP contribution is -2.45. The first-order valence-corrected chi connectivity index (χ1v) is 9.79. The summed E-state index contributed by atoms with van der Waals surface area (Å²) in [6.07, 6.45) is 0.687. The minimum atomic E-state index is -0.607. The number of nitrogens with one attached hydrogen (secondary N) is 2. The summed E-state index contributed by atoms with van der Waals surface area (Å²) >= 11 is 3.48. The summed E-state index contributed by atoms with van der Waals surface area (Å²) in [4.78, 5) is 38.5. The van der Waals surface area contributed by atoms with Crippen LogP contribution >= 0.6 is 15.9 Å². The molecule has 0 fully saturated rings. The lowest BCUT2D eigenvalue weighted by Gasteiger charge is -2.29. The third-order valence-electron chi connectivity index (χ3n) is 4.45. The monoisotopic (exact) mass is 443 g/mol. The maximum Gasteiger partial charge on any atom is 0.319 e. The van der Waals surface area contributed by atoms with Crippen LogP contribution in [0.15, 0.2) is 46.9 Å². The number of hydrogen-bond acceptors (Lipinski definition) is 3. The van der Waals surface area contributed by atoms with Crippen molar-refractivity contribution in [3.8, 4) is 0 Å². The Morgan fingerprint density at radius 2 is 1.71 bits per heavy atom. The van der Waals surface area contributed by atoms with Gasteiger partial charge in [0.25, 0.3) is 11.8 Å². The van der Waals surface area contributed by atoms with Gasteiger partial charge in [-0.2, -0.15) is 0 Å². The zero-order valence-electron chi connectivity index (χ0n) is 16.0. The number of fused-ring (bicyclic) bond motifs is 1. The Hall–Kier alpha value is -2.67. The van der Waals surface area contributed by atoms with Gasteiger partial charge in [0.15, 0.2) is 0 Å². The van der Waals surface area contributed by atoms with Gasteiger partial charge < -0.3 is 10.6 Å². The van der Waals surface area contributed by atoms with E-state index >= 15 is 0 Å². The van der Waals surface area contributed by atoms with Crippen LogP contribution in [0.2, 0.25) is 0 Å². The number of rotatable bonds is 4. The van der Waals surface area contributed by atoms with Crippen LogP contribution in [0, 0.1) is 0 Å². The van der Waals surface area contributed by atoms with Crippen molar-refractivity contribution in [2.45, 2.75) is 32.7 Å². The van der Waals surface area contributed by atoms with Crippen molar-refractivity contribution >= 4 is 39.5 Å². The van der Waals surface area contributed by atoms with Gasteiger partial charge in [-0.25, -0.2) is 4.79 Å². The smallest absolute Gasteiger partial charge is 0.319 e. The fourth-order valence-electron chi connectivity index (χ4n) is 3.11. The van der Waals surface area contributed by atoms with E-state index in [4.69, 9.17) is 0 Å². The third-order valence-corrected chi connectivity index (χ3v) is 5.23. The van der Waals surface area contributed by atoms with E-state index in [-0.39, 0.29) is 17.8 Å². The lowest BCUT2D eigenvalue weighted by atomic mass is 10.1. The molecule has 1 aliphatic rings. The molecule has 0 atom stereocenters. The number of nitrogens with zero attached hydrogens (tertiary/aromatic N) is 1. The molecule has 1 heterocycles. The standard InChI is InChI=1S/C21H22BrN3O3/c1-21(2,3)25-18(26)15-9-8-14(12-16(15)19(25)27)24-20(28)23-11-10-13-6-4-5-7-17(13)22/h4-9,12H,10-11H2,1-3H3,(H2,23,24,28). The minimum absolute atomic E-state index is 0.308. The Bertz CT molecular complexity index is 950. The van der Waals surface area contributed by atoms with E-state index < -0.39 is 5.54 Å².